The van der Waals surface area contributed by atoms with Gasteiger partial charge in [-0.3, -0.25) is 14.5 Å². The molecule has 0 unspecified atom stereocenters. The molecule has 30 heavy (non-hydrogen) atoms. The van der Waals surface area contributed by atoms with Crippen LogP contribution in [0.2, 0.25) is 0 Å². The van der Waals surface area contributed by atoms with E-state index < -0.39 is 6.10 Å². The molecule has 158 valence electrons. The lowest BCUT2D eigenvalue weighted by molar-refractivity contribution is -0.126. The highest BCUT2D eigenvalue weighted by molar-refractivity contribution is 5.92. The lowest BCUT2D eigenvalue weighted by atomic mass is 9.72. The van der Waals surface area contributed by atoms with Gasteiger partial charge in [0.05, 0.1) is 18.7 Å². The number of piperidine rings is 1. The van der Waals surface area contributed by atoms with E-state index in [9.17, 15) is 14.7 Å². The van der Waals surface area contributed by atoms with E-state index in [1.807, 2.05) is 47.0 Å². The molecule has 3 aliphatic rings. The Morgan fingerprint density at radius 2 is 1.90 bits per heavy atom. The molecule has 2 saturated heterocycles. The van der Waals surface area contributed by atoms with Gasteiger partial charge in [0.2, 0.25) is 5.91 Å². The predicted molar refractivity (Wildman–Crippen MR) is 112 cm³/mol. The number of likely N-dealkylation sites (tertiary alicyclic amines) is 1. The summed E-state index contributed by atoms with van der Waals surface area (Å²) in [5, 5.41) is 14.5. The van der Waals surface area contributed by atoms with Crippen LogP contribution in [0, 0.1) is 0 Å². The second-order valence-corrected chi connectivity index (χ2v) is 8.75. The van der Waals surface area contributed by atoms with Crippen LogP contribution in [0.15, 0.2) is 42.6 Å². The zero-order valence-electron chi connectivity index (χ0n) is 17.3. The van der Waals surface area contributed by atoms with Crippen molar-refractivity contribution in [3.05, 3.63) is 59.4 Å². The molecule has 1 aliphatic carbocycles. The highest BCUT2D eigenvalue weighted by atomic mass is 16.3. The number of rotatable bonds is 2. The van der Waals surface area contributed by atoms with Gasteiger partial charge >= 0.3 is 0 Å². The lowest BCUT2D eigenvalue weighted by Gasteiger charge is -2.44. The number of nitrogens with zero attached hydrogens (tertiary/aromatic N) is 3. The Morgan fingerprint density at radius 3 is 2.60 bits per heavy atom. The zero-order valence-corrected chi connectivity index (χ0v) is 17.3. The van der Waals surface area contributed by atoms with E-state index in [1.54, 1.807) is 0 Å². The van der Waals surface area contributed by atoms with E-state index in [0.29, 0.717) is 31.9 Å². The molecule has 2 N–H and O–H groups in total. The standard InChI is InChI=1S/C23H28N4O3/c1-25-11-4-7-18(25)22(30)26-12-8-23(9-13-26)17-6-3-2-5-16(17)20(21(23)29)27-14-10-24-19(28)15-27/h2-7,11,20-21,29H,8-10,12-15H2,1H3,(H,24,28)/t20-,21+/m1/s1. The third kappa shape index (κ3) is 2.87. The van der Waals surface area contributed by atoms with Crippen molar-refractivity contribution in [2.45, 2.75) is 30.4 Å². The molecule has 2 fully saturated rings. The van der Waals surface area contributed by atoms with Gasteiger partial charge in [0, 0.05) is 44.8 Å². The predicted octanol–water partition coefficient (Wildman–Crippen LogP) is 1.05. The number of aliphatic hydroxyl groups excluding tert-OH is 1. The minimum absolute atomic E-state index is 0.00913. The molecule has 2 aromatic rings. The average molecular weight is 409 g/mol. The monoisotopic (exact) mass is 408 g/mol. The van der Waals surface area contributed by atoms with E-state index >= 15 is 0 Å². The van der Waals surface area contributed by atoms with E-state index in [0.717, 1.165) is 24.9 Å². The average Bonchev–Trinajstić information content (AvgIpc) is 3.28. The number of aryl methyl sites for hydroxylation is 1. The number of piperazine rings is 1. The number of amides is 2. The van der Waals surface area contributed by atoms with E-state index in [1.165, 1.54) is 5.56 Å². The summed E-state index contributed by atoms with van der Waals surface area (Å²) >= 11 is 0. The van der Waals surface area contributed by atoms with Gasteiger partial charge in [0.15, 0.2) is 0 Å². The van der Waals surface area contributed by atoms with Crippen LogP contribution < -0.4 is 5.32 Å². The smallest absolute Gasteiger partial charge is 0.270 e. The summed E-state index contributed by atoms with van der Waals surface area (Å²) < 4.78 is 1.85. The molecule has 2 atom stereocenters. The fourth-order valence-electron chi connectivity index (χ4n) is 5.65. The van der Waals surface area contributed by atoms with Crippen LogP contribution in [0.25, 0.3) is 0 Å². The minimum atomic E-state index is -0.590. The molecule has 2 aliphatic heterocycles. The first kappa shape index (κ1) is 19.3. The van der Waals surface area contributed by atoms with Crippen LogP contribution >= 0.6 is 0 Å². The number of aliphatic hydroxyl groups is 1. The quantitative estimate of drug-likeness (QED) is 0.779. The van der Waals surface area contributed by atoms with Crippen LogP contribution in [0.4, 0.5) is 0 Å². The number of nitrogens with one attached hydrogen (secondary N) is 1. The van der Waals surface area contributed by atoms with Crippen molar-refractivity contribution in [1.82, 2.24) is 19.7 Å². The Balaban J connectivity index is 1.41. The summed E-state index contributed by atoms with van der Waals surface area (Å²) in [6, 6.07) is 11.8. The van der Waals surface area contributed by atoms with E-state index in [4.69, 9.17) is 0 Å². The van der Waals surface area contributed by atoms with Gasteiger partial charge in [-0.05, 0) is 36.1 Å². The van der Waals surface area contributed by atoms with Gasteiger partial charge in [0.25, 0.3) is 5.91 Å². The van der Waals surface area contributed by atoms with Crippen molar-refractivity contribution in [3.63, 3.8) is 0 Å². The Labute approximate surface area is 176 Å². The Kier molecular flexibility index (Phi) is 4.67. The maximum absolute atomic E-state index is 12.9. The van der Waals surface area contributed by atoms with Crippen molar-refractivity contribution in [1.29, 1.82) is 0 Å². The molecule has 1 aromatic carbocycles. The topological polar surface area (TPSA) is 77.8 Å². The molecular weight excluding hydrogens is 380 g/mol. The molecular formula is C23H28N4O3. The summed E-state index contributed by atoms with van der Waals surface area (Å²) in [5.74, 6) is 0.0530. The minimum Gasteiger partial charge on any atom is -0.390 e. The maximum atomic E-state index is 12.9. The van der Waals surface area contributed by atoms with Crippen LogP contribution in [-0.4, -0.2) is 70.1 Å². The van der Waals surface area contributed by atoms with Gasteiger partial charge in [-0.15, -0.1) is 0 Å². The number of fused-ring (bicyclic) bond motifs is 2. The summed E-state index contributed by atoms with van der Waals surface area (Å²) in [6.07, 6.45) is 2.73. The fraction of sp³-hybridized carbons (Fsp3) is 0.478. The van der Waals surface area contributed by atoms with Gasteiger partial charge in [-0.2, -0.15) is 0 Å². The first-order valence-corrected chi connectivity index (χ1v) is 10.7. The van der Waals surface area contributed by atoms with Crippen LogP contribution in [0.5, 0.6) is 0 Å². The third-order valence-electron chi connectivity index (χ3n) is 7.25. The SMILES string of the molecule is Cn1cccc1C(=O)N1CCC2(CC1)c1ccccc1[C@@H](N1CCNC(=O)C1)[C@@H]2O. The molecule has 0 saturated carbocycles. The molecule has 7 nitrogen and oxygen atoms in total. The van der Waals surface area contributed by atoms with Crippen molar-refractivity contribution in [3.8, 4) is 0 Å². The van der Waals surface area contributed by atoms with Gasteiger partial charge in [-0.1, -0.05) is 24.3 Å². The first-order chi connectivity index (χ1) is 14.5. The maximum Gasteiger partial charge on any atom is 0.270 e. The fourth-order valence-corrected chi connectivity index (χ4v) is 5.65. The molecule has 0 bridgehead atoms. The normalized spacial score (nSPS) is 25.9. The molecule has 1 spiro atoms. The van der Waals surface area contributed by atoms with Gasteiger partial charge in [-0.25, -0.2) is 0 Å². The van der Waals surface area contributed by atoms with Crippen molar-refractivity contribution in [2.24, 2.45) is 7.05 Å². The highest BCUT2D eigenvalue weighted by Gasteiger charge is 2.54. The largest absolute Gasteiger partial charge is 0.390 e. The van der Waals surface area contributed by atoms with Gasteiger partial charge in [0.1, 0.15) is 5.69 Å². The Hall–Kier alpha value is -2.64. The molecule has 7 heteroatoms. The number of carbonyl (C=O) groups excluding carboxylic acids is 2. The summed E-state index contributed by atoms with van der Waals surface area (Å²) in [4.78, 5) is 29.0. The summed E-state index contributed by atoms with van der Waals surface area (Å²) in [5.41, 5.74) is 2.62. The summed E-state index contributed by atoms with van der Waals surface area (Å²) in [7, 11) is 1.88. The van der Waals surface area contributed by atoms with E-state index in [2.05, 4.69) is 22.3 Å². The number of carbonyl (C=O) groups is 2. The van der Waals surface area contributed by atoms with Crippen LogP contribution in [0.3, 0.4) is 0 Å². The molecule has 5 rings (SSSR count). The second kappa shape index (κ2) is 7.25. The number of benzene rings is 1. The Bertz CT molecular complexity index is 976. The lowest BCUT2D eigenvalue weighted by Crippen LogP contribution is -2.54. The van der Waals surface area contributed by atoms with Crippen LogP contribution in [-0.2, 0) is 17.3 Å². The number of hydrogen-bond donors (Lipinski definition) is 2. The number of hydrogen-bond acceptors (Lipinski definition) is 4. The van der Waals surface area contributed by atoms with E-state index in [-0.39, 0.29) is 23.3 Å². The third-order valence-corrected chi connectivity index (χ3v) is 7.25. The van der Waals surface area contributed by atoms with Gasteiger partial charge < -0.3 is 19.9 Å². The molecule has 2 amide bonds. The molecule has 1 aromatic heterocycles. The highest BCUT2D eigenvalue weighted by Crippen LogP contribution is 2.52. The molecule has 0 radical (unpaired) electrons. The number of aromatic nitrogens is 1. The zero-order chi connectivity index (χ0) is 20.9. The molecule has 3 heterocycles. The summed E-state index contributed by atoms with van der Waals surface area (Å²) in [6.45, 7) is 2.88. The first-order valence-electron chi connectivity index (χ1n) is 10.7. The van der Waals surface area contributed by atoms with Crippen molar-refractivity contribution >= 4 is 11.8 Å². The second-order valence-electron chi connectivity index (χ2n) is 8.75. The van der Waals surface area contributed by atoms with Crippen molar-refractivity contribution in [2.75, 3.05) is 32.7 Å². The van der Waals surface area contributed by atoms with Crippen molar-refractivity contribution < 1.29 is 14.7 Å². The Morgan fingerprint density at radius 1 is 1.13 bits per heavy atom. The van der Waals surface area contributed by atoms with Crippen LogP contribution in [0.1, 0.15) is 40.5 Å².